The van der Waals surface area contributed by atoms with E-state index in [4.69, 9.17) is 0 Å². The minimum Gasteiger partial charge on any atom is -0.363 e. The van der Waals surface area contributed by atoms with Crippen molar-refractivity contribution >= 4 is 12.1 Å². The number of rotatable bonds is 3. The summed E-state index contributed by atoms with van der Waals surface area (Å²) in [5, 5.41) is 0. The molecular weight excluding hydrogens is 285 g/mol. The van der Waals surface area contributed by atoms with Gasteiger partial charge >= 0.3 is 6.18 Å². The largest absolute Gasteiger partial charge is 0.451 e. The topological polar surface area (TPSA) is 59.0 Å². The maximum absolute atomic E-state index is 12.4. The standard InChI is InChI=1S/C13H11F3N4O/c1-20(2)11-3-10(9(7-21)6-17-11)8-4-18-12(19-5-8)13(14,15)16/h3-7H,1-2H3. The van der Waals surface area contributed by atoms with Gasteiger partial charge in [0.25, 0.3) is 0 Å². The van der Waals surface area contributed by atoms with Crippen molar-refractivity contribution in [2.24, 2.45) is 0 Å². The Bertz CT molecular complexity index is 653. The third-order valence-electron chi connectivity index (χ3n) is 2.72. The number of nitrogens with zero attached hydrogens (tertiary/aromatic N) is 4. The lowest BCUT2D eigenvalue weighted by Gasteiger charge is -2.13. The van der Waals surface area contributed by atoms with E-state index in [0.29, 0.717) is 23.2 Å². The van der Waals surface area contributed by atoms with Crippen molar-refractivity contribution in [3.05, 3.63) is 36.0 Å². The highest BCUT2D eigenvalue weighted by Crippen LogP contribution is 2.28. The van der Waals surface area contributed by atoms with Gasteiger partial charge < -0.3 is 4.90 Å². The third kappa shape index (κ3) is 3.15. The molecule has 8 heteroatoms. The monoisotopic (exact) mass is 296 g/mol. The number of anilines is 1. The van der Waals surface area contributed by atoms with Crippen molar-refractivity contribution in [1.82, 2.24) is 15.0 Å². The lowest BCUT2D eigenvalue weighted by molar-refractivity contribution is -0.144. The zero-order valence-corrected chi connectivity index (χ0v) is 11.2. The first-order valence-electron chi connectivity index (χ1n) is 5.85. The quantitative estimate of drug-likeness (QED) is 0.814. The minimum atomic E-state index is -4.60. The summed E-state index contributed by atoms with van der Waals surface area (Å²) >= 11 is 0. The van der Waals surface area contributed by atoms with Gasteiger partial charge in [0.2, 0.25) is 5.82 Å². The van der Waals surface area contributed by atoms with Gasteiger partial charge in [0.1, 0.15) is 5.82 Å². The van der Waals surface area contributed by atoms with Gasteiger partial charge in [-0.05, 0) is 6.07 Å². The summed E-state index contributed by atoms with van der Waals surface area (Å²) in [7, 11) is 3.52. The van der Waals surface area contributed by atoms with E-state index in [1.807, 2.05) is 0 Å². The van der Waals surface area contributed by atoms with Crippen LogP contribution in [0.5, 0.6) is 0 Å². The van der Waals surface area contributed by atoms with Crippen molar-refractivity contribution in [3.63, 3.8) is 0 Å². The van der Waals surface area contributed by atoms with Gasteiger partial charge in [-0.3, -0.25) is 4.79 Å². The molecule has 0 bridgehead atoms. The van der Waals surface area contributed by atoms with E-state index in [1.165, 1.54) is 6.20 Å². The summed E-state index contributed by atoms with van der Waals surface area (Å²) in [5.41, 5.74) is 0.997. The molecule has 0 saturated carbocycles. The molecule has 2 rings (SSSR count). The zero-order chi connectivity index (χ0) is 15.6. The second-order valence-electron chi connectivity index (χ2n) is 4.44. The van der Waals surface area contributed by atoms with Crippen molar-refractivity contribution in [2.45, 2.75) is 6.18 Å². The number of aromatic nitrogens is 3. The molecule has 0 radical (unpaired) electrons. The average Bonchev–Trinajstić information content (AvgIpc) is 2.45. The van der Waals surface area contributed by atoms with Crippen LogP contribution in [0.3, 0.4) is 0 Å². The fourth-order valence-corrected chi connectivity index (χ4v) is 1.66. The molecule has 0 fully saturated rings. The van der Waals surface area contributed by atoms with Crippen molar-refractivity contribution in [3.8, 4) is 11.1 Å². The summed E-state index contributed by atoms with van der Waals surface area (Å²) < 4.78 is 37.3. The van der Waals surface area contributed by atoms with E-state index >= 15 is 0 Å². The first-order valence-corrected chi connectivity index (χ1v) is 5.85. The predicted molar refractivity (Wildman–Crippen MR) is 70.0 cm³/mol. The molecule has 0 amide bonds. The number of hydrogen-bond acceptors (Lipinski definition) is 5. The Morgan fingerprint density at radius 1 is 1.10 bits per heavy atom. The molecule has 0 atom stereocenters. The Kier molecular flexibility index (Phi) is 3.88. The highest BCUT2D eigenvalue weighted by Gasteiger charge is 2.34. The van der Waals surface area contributed by atoms with E-state index in [1.54, 1.807) is 25.1 Å². The molecule has 0 N–H and O–H groups in total. The van der Waals surface area contributed by atoms with Crippen LogP contribution in [0, 0.1) is 0 Å². The fourth-order valence-electron chi connectivity index (χ4n) is 1.66. The number of aldehydes is 1. The lowest BCUT2D eigenvalue weighted by atomic mass is 10.1. The van der Waals surface area contributed by atoms with E-state index in [9.17, 15) is 18.0 Å². The van der Waals surface area contributed by atoms with Crippen molar-refractivity contribution in [1.29, 1.82) is 0 Å². The van der Waals surface area contributed by atoms with Gasteiger partial charge in [-0.25, -0.2) is 15.0 Å². The van der Waals surface area contributed by atoms with Crippen LogP contribution in [0.4, 0.5) is 19.0 Å². The number of alkyl halides is 3. The van der Waals surface area contributed by atoms with Gasteiger partial charge in [0, 0.05) is 49.4 Å². The molecule has 5 nitrogen and oxygen atoms in total. The molecule has 21 heavy (non-hydrogen) atoms. The van der Waals surface area contributed by atoms with E-state index < -0.39 is 12.0 Å². The SMILES string of the molecule is CN(C)c1cc(-c2cnc(C(F)(F)F)nc2)c(C=O)cn1. The number of carbonyl (C=O) groups is 1. The number of hydrogen-bond donors (Lipinski definition) is 0. The summed E-state index contributed by atoms with van der Waals surface area (Å²) in [4.78, 5) is 23.4. The Hall–Kier alpha value is -2.51. The van der Waals surface area contributed by atoms with Gasteiger partial charge in [0.05, 0.1) is 0 Å². The van der Waals surface area contributed by atoms with Gasteiger partial charge in [-0.2, -0.15) is 13.2 Å². The second-order valence-corrected chi connectivity index (χ2v) is 4.44. The lowest BCUT2D eigenvalue weighted by Crippen LogP contribution is -2.12. The number of carbonyl (C=O) groups excluding carboxylic acids is 1. The Labute approximate surface area is 118 Å². The summed E-state index contributed by atoms with van der Waals surface area (Å²) in [6.07, 6.45) is -0.580. The fraction of sp³-hybridized carbons (Fsp3) is 0.231. The van der Waals surface area contributed by atoms with Gasteiger partial charge in [-0.15, -0.1) is 0 Å². The predicted octanol–water partition coefficient (Wildman–Crippen LogP) is 2.44. The Morgan fingerprint density at radius 3 is 2.19 bits per heavy atom. The van der Waals surface area contributed by atoms with E-state index in [2.05, 4.69) is 15.0 Å². The first-order chi connectivity index (χ1) is 9.82. The van der Waals surface area contributed by atoms with E-state index in [-0.39, 0.29) is 5.56 Å². The Morgan fingerprint density at radius 2 is 1.71 bits per heavy atom. The molecule has 0 aliphatic heterocycles. The van der Waals surface area contributed by atoms with Crippen LogP contribution in [0.25, 0.3) is 11.1 Å². The van der Waals surface area contributed by atoms with Crippen molar-refractivity contribution in [2.75, 3.05) is 19.0 Å². The first kappa shape index (κ1) is 14.9. The molecule has 0 spiro atoms. The second kappa shape index (κ2) is 5.47. The molecule has 2 aromatic rings. The molecule has 2 aromatic heterocycles. The molecule has 0 aliphatic rings. The van der Waals surface area contributed by atoms with Crippen LogP contribution < -0.4 is 4.90 Å². The average molecular weight is 296 g/mol. The number of halogens is 3. The summed E-state index contributed by atoms with van der Waals surface area (Å²) in [6, 6.07) is 1.59. The summed E-state index contributed by atoms with van der Waals surface area (Å²) in [5.74, 6) is -0.656. The van der Waals surface area contributed by atoms with Gasteiger partial charge in [-0.1, -0.05) is 0 Å². The minimum absolute atomic E-state index is 0.254. The van der Waals surface area contributed by atoms with Crippen LogP contribution >= 0.6 is 0 Å². The van der Waals surface area contributed by atoms with Crippen LogP contribution in [-0.4, -0.2) is 35.3 Å². The van der Waals surface area contributed by atoms with E-state index in [0.717, 1.165) is 12.4 Å². The van der Waals surface area contributed by atoms with Crippen LogP contribution in [0.1, 0.15) is 16.2 Å². The van der Waals surface area contributed by atoms with Gasteiger partial charge in [0.15, 0.2) is 6.29 Å². The third-order valence-corrected chi connectivity index (χ3v) is 2.72. The van der Waals surface area contributed by atoms with Crippen LogP contribution in [0.15, 0.2) is 24.7 Å². The Balaban J connectivity index is 2.50. The molecule has 0 unspecified atom stereocenters. The molecular formula is C13H11F3N4O. The molecule has 0 aromatic carbocycles. The normalized spacial score (nSPS) is 11.3. The smallest absolute Gasteiger partial charge is 0.363 e. The zero-order valence-electron chi connectivity index (χ0n) is 11.2. The maximum Gasteiger partial charge on any atom is 0.451 e. The van der Waals surface area contributed by atoms with Crippen LogP contribution in [-0.2, 0) is 6.18 Å². The van der Waals surface area contributed by atoms with Crippen LogP contribution in [0.2, 0.25) is 0 Å². The molecule has 0 aliphatic carbocycles. The summed E-state index contributed by atoms with van der Waals surface area (Å²) in [6.45, 7) is 0. The highest BCUT2D eigenvalue weighted by molar-refractivity contribution is 5.87. The molecule has 110 valence electrons. The molecule has 0 saturated heterocycles. The van der Waals surface area contributed by atoms with Crippen molar-refractivity contribution < 1.29 is 18.0 Å². The number of pyridine rings is 1. The highest BCUT2D eigenvalue weighted by atomic mass is 19.4. The maximum atomic E-state index is 12.4. The molecule has 2 heterocycles.